The number of rotatable bonds is 12. The van der Waals surface area contributed by atoms with E-state index in [9.17, 15) is 23.6 Å². The van der Waals surface area contributed by atoms with Gasteiger partial charge in [0.15, 0.2) is 0 Å². The number of ether oxygens (including phenoxy) is 2. The van der Waals surface area contributed by atoms with Crippen molar-refractivity contribution in [2.75, 3.05) is 55.4 Å². The minimum Gasteiger partial charge on any atom is -0.495 e. The zero-order valence-electron chi connectivity index (χ0n) is 37.1. The third-order valence-corrected chi connectivity index (χ3v) is 14.3. The van der Waals surface area contributed by atoms with E-state index in [1.165, 1.54) is 29.8 Å². The number of hydrogen-bond acceptors (Lipinski definition) is 9. The molecule has 0 radical (unpaired) electrons. The van der Waals surface area contributed by atoms with Gasteiger partial charge < -0.3 is 40.1 Å². The number of amides is 4. The van der Waals surface area contributed by atoms with Crippen LogP contribution in [-0.4, -0.2) is 84.3 Å². The summed E-state index contributed by atoms with van der Waals surface area (Å²) in [6.07, 6.45) is 8.24. The van der Waals surface area contributed by atoms with Gasteiger partial charge in [0.1, 0.15) is 34.5 Å². The van der Waals surface area contributed by atoms with Crippen LogP contribution in [0.15, 0.2) is 103 Å². The molecule has 1 saturated carbocycles. The Morgan fingerprint density at radius 1 is 0.848 bits per heavy atom. The number of hydrogen-bond donors (Lipinski definition) is 3. The van der Waals surface area contributed by atoms with Crippen molar-refractivity contribution in [2.24, 2.45) is 11.3 Å². The number of fused-ring (bicyclic) bond motifs is 2. The normalized spacial score (nSPS) is 19.9. The Morgan fingerprint density at radius 2 is 1.55 bits per heavy atom. The molecule has 4 aromatic carbocycles. The molecule has 0 bridgehead atoms. The van der Waals surface area contributed by atoms with Crippen molar-refractivity contribution < 1.29 is 33.0 Å². The van der Waals surface area contributed by atoms with Crippen molar-refractivity contribution in [1.82, 2.24) is 20.1 Å². The van der Waals surface area contributed by atoms with E-state index in [1.54, 1.807) is 42.5 Å². The number of benzene rings is 4. The molecule has 66 heavy (non-hydrogen) atoms. The first-order valence-electron chi connectivity index (χ1n) is 23.1. The van der Waals surface area contributed by atoms with Crippen LogP contribution in [0.5, 0.6) is 17.2 Å². The lowest BCUT2D eigenvalue weighted by molar-refractivity contribution is -0.131. The maximum Gasteiger partial charge on any atom is 0.255 e. The number of likely N-dealkylation sites (tertiary alicyclic amines) is 1. The van der Waals surface area contributed by atoms with Crippen LogP contribution in [0.4, 0.5) is 21.5 Å². The monoisotopic (exact) mass is 891 g/mol. The van der Waals surface area contributed by atoms with Crippen LogP contribution in [0.2, 0.25) is 0 Å². The highest BCUT2D eigenvalue weighted by Gasteiger charge is 2.56. The molecule has 0 unspecified atom stereocenters. The lowest BCUT2D eigenvalue weighted by Gasteiger charge is -2.38. The summed E-state index contributed by atoms with van der Waals surface area (Å²) >= 11 is 0. The number of halogens is 1. The second-order valence-corrected chi connectivity index (χ2v) is 18.5. The Morgan fingerprint density at radius 3 is 2.21 bits per heavy atom. The molecule has 3 saturated heterocycles. The Bertz CT molecular complexity index is 2710. The predicted molar refractivity (Wildman–Crippen MR) is 250 cm³/mol. The van der Waals surface area contributed by atoms with E-state index in [4.69, 9.17) is 14.5 Å². The standard InChI is InChI=1S/C52H54FN7O6/c1-32-3-14-44(48(61)55-32)60-31-36-27-35(4-13-41(36)49(60)62)34-18-23-58(24-19-34)30-33-16-25-59(26-17-33)45-29-43-42(28-47(45)65-2)46(15-22-54-43)66-40-11-9-39(10-12-40)57-51(64)52(20-21-52)50(63)56-38-7-5-37(53)6-8-38/h4-13,15,22,27-29,33-34,44H,1,3,14,16-21,23-26,30-31H2,2H3,(H,55,61)(H,56,63)(H,57,64)/t44-/m0/s1. The summed E-state index contributed by atoms with van der Waals surface area (Å²) in [7, 11) is 1.69. The van der Waals surface area contributed by atoms with Crippen LogP contribution >= 0.6 is 0 Å². The molecule has 14 heteroatoms. The fourth-order valence-electron chi connectivity index (χ4n) is 10.2. The summed E-state index contributed by atoms with van der Waals surface area (Å²) in [5.74, 6) is 1.62. The second-order valence-electron chi connectivity index (χ2n) is 18.5. The number of nitrogens with zero attached hydrogens (tertiary/aromatic N) is 4. The molecular formula is C52H54FN7O6. The first-order chi connectivity index (χ1) is 32.0. The lowest BCUT2D eigenvalue weighted by atomic mass is 9.87. The summed E-state index contributed by atoms with van der Waals surface area (Å²) in [5, 5.41) is 9.25. The van der Waals surface area contributed by atoms with Gasteiger partial charge in [-0.2, -0.15) is 0 Å². The Kier molecular flexibility index (Phi) is 11.7. The molecule has 1 aliphatic carbocycles. The van der Waals surface area contributed by atoms with Gasteiger partial charge in [0, 0.05) is 60.4 Å². The van der Waals surface area contributed by atoms with Crippen LogP contribution in [0.3, 0.4) is 0 Å². The van der Waals surface area contributed by atoms with Gasteiger partial charge >= 0.3 is 0 Å². The largest absolute Gasteiger partial charge is 0.495 e. The molecule has 4 fully saturated rings. The predicted octanol–water partition coefficient (Wildman–Crippen LogP) is 8.38. The van der Waals surface area contributed by atoms with Crippen LogP contribution in [-0.2, 0) is 20.9 Å². The van der Waals surface area contributed by atoms with Crippen molar-refractivity contribution in [3.8, 4) is 17.2 Å². The van der Waals surface area contributed by atoms with Gasteiger partial charge in [0.2, 0.25) is 17.7 Å². The molecule has 3 N–H and O–H groups in total. The van der Waals surface area contributed by atoms with Crippen molar-refractivity contribution in [3.63, 3.8) is 0 Å². The number of methoxy groups -OCH3 is 1. The fraction of sp³-hybridized carbons (Fsp3) is 0.365. The fourth-order valence-corrected chi connectivity index (χ4v) is 10.2. The first-order valence-corrected chi connectivity index (χ1v) is 23.1. The number of pyridine rings is 1. The number of piperidine rings is 3. The number of nitrogens with one attached hydrogen (secondary N) is 3. The minimum atomic E-state index is -1.16. The third-order valence-electron chi connectivity index (χ3n) is 14.3. The summed E-state index contributed by atoms with van der Waals surface area (Å²) in [6, 6.07) is 24.2. The third kappa shape index (κ3) is 8.69. The second kappa shape index (κ2) is 17.9. The van der Waals surface area contributed by atoms with Crippen LogP contribution in [0.25, 0.3) is 10.9 Å². The summed E-state index contributed by atoms with van der Waals surface area (Å²) in [5.41, 5.74) is 5.38. The molecule has 5 aliphatic rings. The van der Waals surface area contributed by atoms with Crippen LogP contribution in [0.1, 0.15) is 78.8 Å². The van der Waals surface area contributed by atoms with Gasteiger partial charge in [0.05, 0.1) is 18.3 Å². The van der Waals surface area contributed by atoms with Gasteiger partial charge in [-0.05, 0) is 160 Å². The maximum atomic E-state index is 13.3. The molecule has 4 aliphatic heterocycles. The van der Waals surface area contributed by atoms with E-state index in [0.717, 1.165) is 97.6 Å². The number of allylic oxidation sites excluding steroid dienone is 1. The van der Waals surface area contributed by atoms with Crippen molar-refractivity contribution in [3.05, 3.63) is 126 Å². The van der Waals surface area contributed by atoms with Gasteiger partial charge in [-0.1, -0.05) is 18.7 Å². The van der Waals surface area contributed by atoms with Gasteiger partial charge in [-0.3, -0.25) is 24.2 Å². The molecule has 10 rings (SSSR count). The summed E-state index contributed by atoms with van der Waals surface area (Å²) in [6.45, 7) is 9.40. The molecule has 340 valence electrons. The zero-order chi connectivity index (χ0) is 45.5. The Hall–Kier alpha value is -6.80. The van der Waals surface area contributed by atoms with E-state index in [1.807, 2.05) is 18.2 Å². The minimum absolute atomic E-state index is 0.0505. The number of carbonyl (C=O) groups is 4. The van der Waals surface area contributed by atoms with Crippen LogP contribution in [0, 0.1) is 17.2 Å². The molecule has 4 amide bonds. The lowest BCUT2D eigenvalue weighted by Crippen LogP contribution is -2.49. The molecule has 0 spiro atoms. The first kappa shape index (κ1) is 43.1. The smallest absolute Gasteiger partial charge is 0.255 e. The average Bonchev–Trinajstić information content (AvgIpc) is 4.09. The molecule has 13 nitrogen and oxygen atoms in total. The van der Waals surface area contributed by atoms with Gasteiger partial charge in [-0.25, -0.2) is 4.39 Å². The number of carbonyl (C=O) groups excluding carboxylic acids is 4. The molecular weight excluding hydrogens is 838 g/mol. The van der Waals surface area contributed by atoms with E-state index in [-0.39, 0.29) is 17.7 Å². The molecule has 1 aromatic heterocycles. The summed E-state index contributed by atoms with van der Waals surface area (Å²) in [4.78, 5) is 63.6. The highest BCUT2D eigenvalue weighted by atomic mass is 19.1. The quantitative estimate of drug-likeness (QED) is 0.105. The topological polar surface area (TPSA) is 145 Å². The summed E-state index contributed by atoms with van der Waals surface area (Å²) < 4.78 is 25.6. The highest BCUT2D eigenvalue weighted by Crippen LogP contribution is 2.48. The van der Waals surface area contributed by atoms with Gasteiger partial charge in [0.25, 0.3) is 5.91 Å². The van der Waals surface area contributed by atoms with Crippen LogP contribution < -0.4 is 30.3 Å². The van der Waals surface area contributed by atoms with Crippen molar-refractivity contribution in [1.29, 1.82) is 0 Å². The average molecular weight is 892 g/mol. The molecule has 1 atom stereocenters. The van der Waals surface area contributed by atoms with E-state index >= 15 is 0 Å². The zero-order valence-corrected chi connectivity index (χ0v) is 37.1. The maximum absolute atomic E-state index is 13.3. The Labute approximate surface area is 383 Å². The Balaban J connectivity index is 0.711. The van der Waals surface area contributed by atoms with E-state index in [2.05, 4.69) is 50.5 Å². The molecule has 5 heterocycles. The molecule has 5 aromatic rings. The number of aromatic nitrogens is 1. The van der Waals surface area contributed by atoms with Crippen molar-refractivity contribution in [2.45, 2.75) is 69.9 Å². The van der Waals surface area contributed by atoms with E-state index < -0.39 is 23.2 Å². The SMILES string of the molecule is C=C1CC[C@H](N2Cc3cc(C4CCN(CC5CCN(c6cc7nccc(Oc8ccc(NC(=O)C9(C(=O)Nc%10ccc(F)cc%10)CC9)cc8)c7cc6OC)CC5)CC4)ccc3C2=O)C(=O)N1. The highest BCUT2D eigenvalue weighted by molar-refractivity contribution is 6.17. The number of anilines is 3. The van der Waals surface area contributed by atoms with E-state index in [0.29, 0.717) is 66.9 Å². The van der Waals surface area contributed by atoms with Crippen molar-refractivity contribution >= 4 is 51.6 Å². The van der Waals surface area contributed by atoms with Gasteiger partial charge in [-0.15, -0.1) is 0 Å².